The van der Waals surface area contributed by atoms with Gasteiger partial charge in [-0.3, -0.25) is 20.2 Å². The molecule has 1 aromatic carbocycles. The average Bonchev–Trinajstić information content (AvgIpc) is 2.97. The second-order valence-corrected chi connectivity index (χ2v) is 17.3. The topological polar surface area (TPSA) is 113 Å². The van der Waals surface area contributed by atoms with Crippen LogP contribution in [0.1, 0.15) is 124 Å². The lowest BCUT2D eigenvalue weighted by molar-refractivity contribution is -0.394. The Bertz CT molecular complexity index is 1440. The second-order valence-electron chi connectivity index (χ2n) is 17.3. The van der Waals surface area contributed by atoms with E-state index in [-0.39, 0.29) is 33.3 Å². The average molecular weight is 621 g/mol. The summed E-state index contributed by atoms with van der Waals surface area (Å²) in [4.78, 5) is 34.8. The first-order chi connectivity index (χ1) is 20.9. The summed E-state index contributed by atoms with van der Waals surface area (Å²) in [5, 5.41) is 22.9. The number of allylic oxidation sites excluding steroid dienone is 2. The molecule has 0 spiro atoms. The van der Waals surface area contributed by atoms with Gasteiger partial charge < -0.3 is 4.74 Å². The number of fused-ring (bicyclic) bond motifs is 7. The number of benzene rings is 1. The maximum absolute atomic E-state index is 13.4. The molecule has 45 heavy (non-hydrogen) atoms. The van der Waals surface area contributed by atoms with Crippen LogP contribution in [0.5, 0.6) is 0 Å². The molecule has 0 bridgehead atoms. The van der Waals surface area contributed by atoms with Gasteiger partial charge in [0.05, 0.1) is 21.5 Å². The van der Waals surface area contributed by atoms with E-state index in [0.717, 1.165) is 49.8 Å². The van der Waals surface area contributed by atoms with Crippen molar-refractivity contribution in [2.75, 3.05) is 0 Å². The molecule has 0 heterocycles. The molecule has 0 aliphatic heterocycles. The molecule has 0 amide bonds. The molecule has 0 radical (unpaired) electrons. The summed E-state index contributed by atoms with van der Waals surface area (Å²) < 4.78 is 6.12. The van der Waals surface area contributed by atoms with Gasteiger partial charge in [0, 0.05) is 17.5 Å². The van der Waals surface area contributed by atoms with Gasteiger partial charge in [-0.2, -0.15) is 0 Å². The predicted molar refractivity (Wildman–Crippen MR) is 174 cm³/mol. The Labute approximate surface area is 268 Å². The molecule has 4 saturated carbocycles. The van der Waals surface area contributed by atoms with Gasteiger partial charge in [-0.1, -0.05) is 67.0 Å². The van der Waals surface area contributed by atoms with Crippen LogP contribution < -0.4 is 0 Å². The number of non-ortho nitro benzene ring substituents is 2. The standard InChI is InChI=1S/C37H52N2O6/c1-22-11-14-34(5)17-18-36(7)27(31(34)23(22)2)9-10-29-35(6)15-13-30(33(3,4)28(35)12-16-37(29,36)8)45-32(40)24-19-25(38(41)42)21-26(20-24)39(43)44/h9,19-23,28-31H,10-18H2,1-8H3/t22-,23-,28+,29-,30+,31+,34-,35+,36-,37+/m1/s1. The molecule has 246 valence electrons. The minimum absolute atomic E-state index is 0.0843. The van der Waals surface area contributed by atoms with Crippen LogP contribution in [0, 0.1) is 76.9 Å². The first kappa shape index (κ1) is 32.2. The Hall–Kier alpha value is -2.77. The van der Waals surface area contributed by atoms with Crippen LogP contribution in [-0.2, 0) is 4.74 Å². The number of rotatable bonds is 4. The van der Waals surface area contributed by atoms with E-state index in [0.29, 0.717) is 35.5 Å². The van der Waals surface area contributed by atoms with Gasteiger partial charge in [0.2, 0.25) is 0 Å². The van der Waals surface area contributed by atoms with Crippen molar-refractivity contribution in [1.29, 1.82) is 0 Å². The molecule has 4 fully saturated rings. The third kappa shape index (κ3) is 4.54. The largest absolute Gasteiger partial charge is 0.458 e. The van der Waals surface area contributed by atoms with Crippen LogP contribution in [0.3, 0.4) is 0 Å². The van der Waals surface area contributed by atoms with E-state index in [9.17, 15) is 25.0 Å². The normalized spacial score (nSPS) is 43.4. The van der Waals surface area contributed by atoms with Crippen LogP contribution in [0.2, 0.25) is 0 Å². The van der Waals surface area contributed by atoms with Crippen molar-refractivity contribution in [3.63, 3.8) is 0 Å². The fourth-order valence-corrected chi connectivity index (χ4v) is 12.2. The molecule has 8 nitrogen and oxygen atoms in total. The maximum atomic E-state index is 13.4. The van der Waals surface area contributed by atoms with E-state index in [1.807, 2.05) is 0 Å². The second kappa shape index (κ2) is 10.4. The van der Waals surface area contributed by atoms with Gasteiger partial charge in [0.15, 0.2) is 0 Å². The van der Waals surface area contributed by atoms with Gasteiger partial charge in [0.25, 0.3) is 11.4 Å². The van der Waals surface area contributed by atoms with E-state index >= 15 is 0 Å². The number of hydrogen-bond acceptors (Lipinski definition) is 6. The highest BCUT2D eigenvalue weighted by molar-refractivity contribution is 5.91. The number of esters is 1. The molecule has 8 heteroatoms. The summed E-state index contributed by atoms with van der Waals surface area (Å²) in [5.41, 5.74) is 1.20. The monoisotopic (exact) mass is 620 g/mol. The van der Waals surface area contributed by atoms with Gasteiger partial charge in [-0.05, 0) is 109 Å². The number of nitrogens with zero attached hydrogens (tertiary/aromatic N) is 2. The summed E-state index contributed by atoms with van der Waals surface area (Å²) in [5.74, 6) is 2.28. The van der Waals surface area contributed by atoms with Crippen LogP contribution in [0.25, 0.3) is 0 Å². The van der Waals surface area contributed by atoms with Crippen molar-refractivity contribution in [3.05, 3.63) is 55.6 Å². The third-order valence-corrected chi connectivity index (χ3v) is 15.1. The lowest BCUT2D eigenvalue weighted by atomic mass is 9.33. The molecule has 10 atom stereocenters. The number of nitro benzene ring substituents is 2. The molecule has 0 saturated heterocycles. The zero-order valence-electron chi connectivity index (χ0n) is 28.5. The fraction of sp³-hybridized carbons (Fsp3) is 0.757. The van der Waals surface area contributed by atoms with Crippen molar-refractivity contribution >= 4 is 17.3 Å². The van der Waals surface area contributed by atoms with Crippen molar-refractivity contribution in [1.82, 2.24) is 0 Å². The van der Waals surface area contributed by atoms with Crippen LogP contribution in [-0.4, -0.2) is 21.9 Å². The fourth-order valence-electron chi connectivity index (χ4n) is 12.2. The highest BCUT2D eigenvalue weighted by atomic mass is 16.6. The zero-order chi connectivity index (χ0) is 32.9. The van der Waals surface area contributed by atoms with E-state index < -0.39 is 27.2 Å². The van der Waals surface area contributed by atoms with Crippen molar-refractivity contribution in [2.45, 2.75) is 119 Å². The summed E-state index contributed by atoms with van der Waals surface area (Å²) in [6.07, 6.45) is 12.6. The Morgan fingerprint density at radius 3 is 2.09 bits per heavy atom. The van der Waals surface area contributed by atoms with Gasteiger partial charge >= 0.3 is 5.97 Å². The number of nitro groups is 2. The molecule has 6 rings (SSSR count). The molecule has 0 N–H and O–H groups in total. The Morgan fingerprint density at radius 2 is 1.47 bits per heavy atom. The number of carbonyl (C=O) groups is 1. The highest BCUT2D eigenvalue weighted by Gasteiger charge is 2.68. The first-order valence-electron chi connectivity index (χ1n) is 17.2. The molecular formula is C37H52N2O6. The molecular weight excluding hydrogens is 568 g/mol. The van der Waals surface area contributed by atoms with E-state index in [1.165, 1.54) is 25.7 Å². The zero-order valence-corrected chi connectivity index (χ0v) is 28.5. The Kier molecular flexibility index (Phi) is 7.41. The van der Waals surface area contributed by atoms with Gasteiger partial charge in [-0.15, -0.1) is 0 Å². The minimum atomic E-state index is -0.733. The molecule has 0 aromatic heterocycles. The van der Waals surface area contributed by atoms with E-state index in [1.54, 1.807) is 5.57 Å². The SMILES string of the molecule is C[C@@H]1[C@H](C)CC[C@]2(C)CC[C@]3(C)C(=CC[C@@H]4[C@@]5(C)CC[C@H](OC(=O)c6cc([N+](=O)[O-])cc([N+](=O)[O-])c6)C(C)(C)[C@@H]5CC[C@@]43C)[C@H]12. The molecule has 5 aliphatic rings. The van der Waals surface area contributed by atoms with E-state index in [4.69, 9.17) is 4.74 Å². The number of carbonyl (C=O) groups excluding carboxylic acids is 1. The molecule has 5 aliphatic carbocycles. The lowest BCUT2D eigenvalue weighted by Crippen LogP contribution is -2.65. The van der Waals surface area contributed by atoms with Crippen molar-refractivity contribution in [2.24, 2.45) is 56.7 Å². The molecule has 0 unspecified atom stereocenters. The third-order valence-electron chi connectivity index (χ3n) is 15.1. The van der Waals surface area contributed by atoms with Crippen LogP contribution in [0.4, 0.5) is 11.4 Å². The lowest BCUT2D eigenvalue weighted by Gasteiger charge is -2.71. The summed E-state index contributed by atoms with van der Waals surface area (Å²) in [6.45, 7) is 19.7. The number of hydrogen-bond donors (Lipinski definition) is 0. The number of ether oxygens (including phenoxy) is 1. The van der Waals surface area contributed by atoms with Gasteiger partial charge in [0.1, 0.15) is 6.10 Å². The summed E-state index contributed by atoms with van der Waals surface area (Å²) in [6, 6.07) is 3.03. The Morgan fingerprint density at radius 1 is 0.822 bits per heavy atom. The maximum Gasteiger partial charge on any atom is 0.338 e. The minimum Gasteiger partial charge on any atom is -0.458 e. The van der Waals surface area contributed by atoms with Crippen LogP contribution in [0.15, 0.2) is 29.8 Å². The quantitative estimate of drug-likeness (QED) is 0.143. The van der Waals surface area contributed by atoms with Crippen LogP contribution >= 0.6 is 0 Å². The summed E-state index contributed by atoms with van der Waals surface area (Å²) in [7, 11) is 0. The smallest absolute Gasteiger partial charge is 0.338 e. The van der Waals surface area contributed by atoms with Crippen molar-refractivity contribution < 1.29 is 19.4 Å². The molecule has 1 aromatic rings. The predicted octanol–water partition coefficient (Wildman–Crippen LogP) is 9.71. The Balaban J connectivity index is 1.29. The summed E-state index contributed by atoms with van der Waals surface area (Å²) >= 11 is 0. The van der Waals surface area contributed by atoms with E-state index in [2.05, 4.69) is 61.5 Å². The highest BCUT2D eigenvalue weighted by Crippen LogP contribution is 2.75. The van der Waals surface area contributed by atoms with Crippen molar-refractivity contribution in [3.8, 4) is 0 Å². The first-order valence-corrected chi connectivity index (χ1v) is 17.2. The van der Waals surface area contributed by atoms with Gasteiger partial charge in [-0.25, -0.2) is 4.79 Å².